The number of benzene rings is 1. The van der Waals surface area contributed by atoms with Crippen LogP contribution in [0.5, 0.6) is 5.75 Å². The van der Waals surface area contributed by atoms with E-state index >= 15 is 0 Å². The molecule has 1 aromatic rings. The molecule has 8 heteroatoms. The maximum absolute atomic E-state index is 12.0. The Morgan fingerprint density at radius 1 is 1.37 bits per heavy atom. The van der Waals surface area contributed by atoms with E-state index in [1.54, 1.807) is 0 Å². The molecule has 0 fully saturated rings. The number of aromatic hydroxyl groups is 1. The molecule has 0 radical (unpaired) electrons. The summed E-state index contributed by atoms with van der Waals surface area (Å²) in [7, 11) is -3.82. The highest BCUT2D eigenvalue weighted by Crippen LogP contribution is 2.28. The van der Waals surface area contributed by atoms with E-state index in [2.05, 4.69) is 4.72 Å². The Morgan fingerprint density at radius 2 is 1.95 bits per heavy atom. The van der Waals surface area contributed by atoms with Crippen molar-refractivity contribution in [1.29, 1.82) is 0 Å². The molecule has 0 aliphatic rings. The second kappa shape index (κ2) is 5.98. The van der Waals surface area contributed by atoms with E-state index in [0.717, 1.165) is 18.2 Å². The number of nitro benzene ring substituents is 1. The lowest BCUT2D eigenvalue weighted by Gasteiger charge is -2.14. The lowest BCUT2D eigenvalue weighted by Crippen LogP contribution is -2.33. The fraction of sp³-hybridized carbons (Fsp3) is 0.455. The smallest absolute Gasteiger partial charge is 0.312 e. The van der Waals surface area contributed by atoms with Gasteiger partial charge in [-0.05, 0) is 25.0 Å². The van der Waals surface area contributed by atoms with E-state index < -0.39 is 26.4 Å². The van der Waals surface area contributed by atoms with Crippen molar-refractivity contribution in [2.45, 2.75) is 37.6 Å². The van der Waals surface area contributed by atoms with Gasteiger partial charge >= 0.3 is 5.69 Å². The minimum Gasteiger partial charge on any atom is -0.502 e. The van der Waals surface area contributed by atoms with Gasteiger partial charge < -0.3 is 5.11 Å². The minimum absolute atomic E-state index is 0.224. The monoisotopic (exact) mass is 288 g/mol. The van der Waals surface area contributed by atoms with Crippen LogP contribution < -0.4 is 4.72 Å². The summed E-state index contributed by atoms with van der Waals surface area (Å²) in [6, 6.07) is 2.75. The molecule has 0 saturated heterocycles. The zero-order valence-corrected chi connectivity index (χ0v) is 11.5. The number of hydrogen-bond donors (Lipinski definition) is 2. The Kier molecular flexibility index (Phi) is 4.84. The van der Waals surface area contributed by atoms with Crippen LogP contribution in [0.3, 0.4) is 0 Å². The molecule has 0 spiro atoms. The van der Waals surface area contributed by atoms with E-state index in [1.165, 1.54) is 0 Å². The predicted molar refractivity (Wildman–Crippen MR) is 69.5 cm³/mol. The highest BCUT2D eigenvalue weighted by atomic mass is 32.2. The molecule has 0 heterocycles. The molecule has 7 nitrogen and oxygen atoms in total. The zero-order chi connectivity index (χ0) is 14.6. The van der Waals surface area contributed by atoms with Crippen LogP contribution >= 0.6 is 0 Å². The Hall–Kier alpha value is -1.67. The summed E-state index contributed by atoms with van der Waals surface area (Å²) < 4.78 is 26.5. The lowest BCUT2D eigenvalue weighted by molar-refractivity contribution is -0.386. The maximum atomic E-state index is 12.0. The lowest BCUT2D eigenvalue weighted by atomic mass is 10.2. The van der Waals surface area contributed by atoms with Gasteiger partial charge in [-0.2, -0.15) is 0 Å². The first-order valence-corrected chi connectivity index (χ1v) is 7.29. The van der Waals surface area contributed by atoms with Crippen molar-refractivity contribution in [2.75, 3.05) is 0 Å². The molecule has 19 heavy (non-hydrogen) atoms. The number of phenolic OH excluding ortho intramolecular Hbond substituents is 1. The first-order chi connectivity index (χ1) is 8.81. The molecule has 0 aliphatic carbocycles. The third-order valence-corrected chi connectivity index (χ3v) is 4.28. The van der Waals surface area contributed by atoms with Gasteiger partial charge in [-0.3, -0.25) is 10.1 Å². The highest BCUT2D eigenvalue weighted by Gasteiger charge is 2.22. The maximum Gasteiger partial charge on any atom is 0.312 e. The van der Waals surface area contributed by atoms with Crippen molar-refractivity contribution in [3.63, 3.8) is 0 Å². The second-order valence-corrected chi connectivity index (χ2v) is 5.76. The molecule has 1 rings (SSSR count). The number of hydrogen-bond acceptors (Lipinski definition) is 5. The van der Waals surface area contributed by atoms with Gasteiger partial charge in [0.15, 0.2) is 5.75 Å². The Balaban J connectivity index is 3.15. The molecule has 2 N–H and O–H groups in total. The van der Waals surface area contributed by atoms with Gasteiger partial charge in [-0.25, -0.2) is 13.1 Å². The summed E-state index contributed by atoms with van der Waals surface area (Å²) in [5, 5.41) is 20.0. The Morgan fingerprint density at radius 3 is 2.42 bits per heavy atom. The number of rotatable bonds is 6. The fourth-order valence-corrected chi connectivity index (χ4v) is 2.98. The van der Waals surface area contributed by atoms with Gasteiger partial charge in [0, 0.05) is 12.1 Å². The standard InChI is InChI=1S/C11H16N2O5S/c1-3-8(4-2)12-19(17,18)9-5-6-11(14)10(7-9)13(15)16/h5-8,12,14H,3-4H2,1-2H3. The Labute approximate surface area is 111 Å². The van der Waals surface area contributed by atoms with Crippen molar-refractivity contribution in [1.82, 2.24) is 4.72 Å². The molecule has 0 saturated carbocycles. The van der Waals surface area contributed by atoms with E-state index in [0.29, 0.717) is 12.8 Å². The normalized spacial score (nSPS) is 11.7. The fourth-order valence-electron chi connectivity index (χ4n) is 1.56. The van der Waals surface area contributed by atoms with E-state index in [-0.39, 0.29) is 10.9 Å². The van der Waals surface area contributed by atoms with Crippen LogP contribution in [0.1, 0.15) is 26.7 Å². The largest absolute Gasteiger partial charge is 0.502 e. The predicted octanol–water partition coefficient (Wildman–Crippen LogP) is 1.77. The molecule has 0 aromatic heterocycles. The van der Waals surface area contributed by atoms with Gasteiger partial charge in [0.25, 0.3) is 0 Å². The van der Waals surface area contributed by atoms with E-state index in [4.69, 9.17) is 0 Å². The first-order valence-electron chi connectivity index (χ1n) is 5.81. The molecular weight excluding hydrogens is 272 g/mol. The van der Waals surface area contributed by atoms with Crippen LogP contribution in [-0.4, -0.2) is 24.5 Å². The van der Waals surface area contributed by atoms with Crippen molar-refractivity contribution >= 4 is 15.7 Å². The van der Waals surface area contributed by atoms with Crippen molar-refractivity contribution in [2.24, 2.45) is 0 Å². The molecule has 0 aliphatic heterocycles. The van der Waals surface area contributed by atoms with Crippen LogP contribution in [0.25, 0.3) is 0 Å². The molecule has 0 bridgehead atoms. The third-order valence-electron chi connectivity index (χ3n) is 2.76. The number of phenols is 1. The van der Waals surface area contributed by atoms with Crippen molar-refractivity contribution in [3.8, 4) is 5.75 Å². The number of nitrogens with one attached hydrogen (secondary N) is 1. The molecular formula is C11H16N2O5S. The SMILES string of the molecule is CCC(CC)NS(=O)(=O)c1ccc(O)c([N+](=O)[O-])c1. The van der Waals surface area contributed by atoms with Gasteiger partial charge in [0.05, 0.1) is 9.82 Å². The summed E-state index contributed by atoms with van der Waals surface area (Å²) >= 11 is 0. The minimum atomic E-state index is -3.82. The van der Waals surface area contributed by atoms with Crippen LogP contribution in [0, 0.1) is 10.1 Å². The number of nitro groups is 1. The van der Waals surface area contributed by atoms with Gasteiger partial charge in [0.2, 0.25) is 10.0 Å². The summed E-state index contributed by atoms with van der Waals surface area (Å²) in [4.78, 5) is 9.61. The highest BCUT2D eigenvalue weighted by molar-refractivity contribution is 7.89. The molecule has 0 unspecified atom stereocenters. The molecule has 1 aromatic carbocycles. The molecule has 0 atom stereocenters. The van der Waals surface area contributed by atoms with Crippen LogP contribution in [-0.2, 0) is 10.0 Å². The summed E-state index contributed by atoms with van der Waals surface area (Å²) in [6.07, 6.45) is 1.24. The molecule has 106 valence electrons. The van der Waals surface area contributed by atoms with Crippen LogP contribution in [0.4, 0.5) is 5.69 Å². The first kappa shape index (κ1) is 15.4. The van der Waals surface area contributed by atoms with Crippen molar-refractivity contribution in [3.05, 3.63) is 28.3 Å². The summed E-state index contributed by atoms with van der Waals surface area (Å²) in [5.74, 6) is -0.563. The zero-order valence-electron chi connectivity index (χ0n) is 10.7. The summed E-state index contributed by atoms with van der Waals surface area (Å²) in [5.41, 5.74) is -0.632. The quantitative estimate of drug-likeness (QED) is 0.612. The van der Waals surface area contributed by atoms with E-state index in [9.17, 15) is 23.6 Å². The third kappa shape index (κ3) is 3.65. The van der Waals surface area contributed by atoms with Crippen LogP contribution in [0.2, 0.25) is 0 Å². The Bertz CT molecular complexity index is 566. The topological polar surface area (TPSA) is 110 Å². The van der Waals surface area contributed by atoms with Gasteiger partial charge in [-0.1, -0.05) is 13.8 Å². The number of sulfonamides is 1. The van der Waals surface area contributed by atoms with Gasteiger partial charge in [0.1, 0.15) is 0 Å². The van der Waals surface area contributed by atoms with Gasteiger partial charge in [-0.15, -0.1) is 0 Å². The molecule has 0 amide bonds. The van der Waals surface area contributed by atoms with Crippen LogP contribution in [0.15, 0.2) is 23.1 Å². The van der Waals surface area contributed by atoms with Crippen molar-refractivity contribution < 1.29 is 18.4 Å². The average molecular weight is 288 g/mol. The summed E-state index contributed by atoms with van der Waals surface area (Å²) in [6.45, 7) is 3.69. The average Bonchev–Trinajstić information content (AvgIpc) is 2.35. The second-order valence-electron chi connectivity index (χ2n) is 4.04. The number of nitrogens with zero attached hydrogens (tertiary/aromatic N) is 1. The van der Waals surface area contributed by atoms with E-state index in [1.807, 2.05) is 13.8 Å².